The first kappa shape index (κ1) is 16.1. The van der Waals surface area contributed by atoms with Gasteiger partial charge in [-0.05, 0) is 37.5 Å². The summed E-state index contributed by atoms with van der Waals surface area (Å²) >= 11 is 0. The number of halogens is 3. The lowest BCUT2D eigenvalue weighted by atomic mass is 9.99. The molecule has 8 heteroatoms. The lowest BCUT2D eigenvalue weighted by Crippen LogP contribution is -2.44. The molecule has 1 atom stereocenters. The highest BCUT2D eigenvalue weighted by Crippen LogP contribution is 2.35. The van der Waals surface area contributed by atoms with Crippen molar-refractivity contribution in [3.63, 3.8) is 0 Å². The third-order valence-electron chi connectivity index (χ3n) is 3.79. The van der Waals surface area contributed by atoms with Gasteiger partial charge in [0.1, 0.15) is 0 Å². The molecule has 1 heterocycles. The van der Waals surface area contributed by atoms with E-state index in [2.05, 4.69) is 0 Å². The standard InChI is InChI=1S/C13H17F3N2O2S/c1-9-11(17)5-2-6-12(9)21(19,20)18-7-3-4-10(8-18)13(14,15)16/h2,5-6,10H,3-4,7-8,17H2,1H3. The molecule has 0 spiro atoms. The highest BCUT2D eigenvalue weighted by molar-refractivity contribution is 7.89. The molecule has 0 radical (unpaired) electrons. The Labute approximate surface area is 121 Å². The number of alkyl halides is 3. The molecule has 1 aromatic rings. The van der Waals surface area contributed by atoms with Crippen LogP contribution in [0.3, 0.4) is 0 Å². The first-order valence-electron chi connectivity index (χ1n) is 6.56. The van der Waals surface area contributed by atoms with Crippen LogP contribution in [0.25, 0.3) is 0 Å². The van der Waals surface area contributed by atoms with Gasteiger partial charge in [0.25, 0.3) is 0 Å². The van der Waals surface area contributed by atoms with Gasteiger partial charge >= 0.3 is 6.18 Å². The van der Waals surface area contributed by atoms with Crippen molar-refractivity contribution in [2.75, 3.05) is 18.8 Å². The van der Waals surface area contributed by atoms with Crippen LogP contribution in [0, 0.1) is 12.8 Å². The van der Waals surface area contributed by atoms with Gasteiger partial charge in [0.05, 0.1) is 10.8 Å². The summed E-state index contributed by atoms with van der Waals surface area (Å²) in [5, 5.41) is 0. The predicted molar refractivity (Wildman–Crippen MR) is 73.1 cm³/mol. The molecule has 1 aliphatic rings. The minimum Gasteiger partial charge on any atom is -0.398 e. The highest BCUT2D eigenvalue weighted by atomic mass is 32.2. The van der Waals surface area contributed by atoms with Crippen molar-refractivity contribution in [2.24, 2.45) is 5.92 Å². The van der Waals surface area contributed by atoms with E-state index in [4.69, 9.17) is 5.73 Å². The summed E-state index contributed by atoms with van der Waals surface area (Å²) in [4.78, 5) is -0.0228. The lowest BCUT2D eigenvalue weighted by Gasteiger charge is -2.33. The minimum atomic E-state index is -4.38. The first-order chi connectivity index (χ1) is 9.64. The third kappa shape index (κ3) is 3.16. The molecular weight excluding hydrogens is 305 g/mol. The number of piperidine rings is 1. The Hall–Kier alpha value is -1.28. The summed E-state index contributed by atoms with van der Waals surface area (Å²) in [6, 6.07) is 4.42. The number of nitrogens with zero attached hydrogens (tertiary/aromatic N) is 1. The monoisotopic (exact) mass is 322 g/mol. The Balaban J connectivity index is 2.33. The third-order valence-corrected chi connectivity index (χ3v) is 5.80. The van der Waals surface area contributed by atoms with Gasteiger partial charge in [0.2, 0.25) is 10.0 Å². The fourth-order valence-corrected chi connectivity index (χ4v) is 4.26. The molecule has 2 rings (SSSR count). The molecule has 0 aromatic heterocycles. The molecule has 1 saturated heterocycles. The fourth-order valence-electron chi connectivity index (χ4n) is 2.48. The molecule has 2 N–H and O–H groups in total. The molecule has 0 aliphatic carbocycles. The Morgan fingerprint density at radius 2 is 2.00 bits per heavy atom. The van der Waals surface area contributed by atoms with E-state index in [1.54, 1.807) is 13.0 Å². The van der Waals surface area contributed by atoms with Gasteiger partial charge < -0.3 is 5.73 Å². The molecule has 1 unspecified atom stereocenters. The van der Waals surface area contributed by atoms with E-state index in [0.717, 1.165) is 4.31 Å². The number of hydrogen-bond donors (Lipinski definition) is 1. The summed E-state index contributed by atoms with van der Waals surface area (Å²) < 4.78 is 64.4. The summed E-state index contributed by atoms with van der Waals surface area (Å²) in [6.45, 7) is 1.12. The van der Waals surface area contributed by atoms with E-state index in [0.29, 0.717) is 11.3 Å². The summed E-state index contributed by atoms with van der Waals surface area (Å²) in [7, 11) is -3.96. The predicted octanol–water partition coefficient (Wildman–Crippen LogP) is 2.54. The quantitative estimate of drug-likeness (QED) is 0.851. The second-order valence-corrected chi connectivity index (χ2v) is 7.12. The van der Waals surface area contributed by atoms with Crippen LogP contribution in [0.15, 0.2) is 23.1 Å². The second-order valence-electron chi connectivity index (χ2n) is 5.21. The number of rotatable bonds is 2. The van der Waals surface area contributed by atoms with Crippen LogP contribution in [0.1, 0.15) is 18.4 Å². The van der Waals surface area contributed by atoms with Crippen molar-refractivity contribution in [2.45, 2.75) is 30.8 Å². The van der Waals surface area contributed by atoms with Crippen molar-refractivity contribution in [3.05, 3.63) is 23.8 Å². The maximum Gasteiger partial charge on any atom is 0.393 e. The van der Waals surface area contributed by atoms with E-state index < -0.39 is 28.7 Å². The Morgan fingerprint density at radius 3 is 2.62 bits per heavy atom. The van der Waals surface area contributed by atoms with Crippen molar-refractivity contribution >= 4 is 15.7 Å². The molecular formula is C13H17F3N2O2S. The molecule has 118 valence electrons. The van der Waals surface area contributed by atoms with E-state index in [1.807, 2.05) is 0 Å². The molecule has 21 heavy (non-hydrogen) atoms. The Kier molecular flexibility index (Phi) is 4.21. The van der Waals surface area contributed by atoms with Gasteiger partial charge in [-0.25, -0.2) is 8.42 Å². The van der Waals surface area contributed by atoms with Crippen molar-refractivity contribution in [1.82, 2.24) is 4.31 Å². The van der Waals surface area contributed by atoms with Crippen LogP contribution in [0.4, 0.5) is 18.9 Å². The summed E-state index contributed by atoms with van der Waals surface area (Å²) in [5.41, 5.74) is 6.35. The zero-order chi connectivity index (χ0) is 15.8. The average molecular weight is 322 g/mol. The maximum atomic E-state index is 12.8. The van der Waals surface area contributed by atoms with Crippen LogP contribution in [-0.4, -0.2) is 32.0 Å². The fraction of sp³-hybridized carbons (Fsp3) is 0.538. The smallest absolute Gasteiger partial charge is 0.393 e. The molecule has 1 fully saturated rings. The van der Waals surface area contributed by atoms with E-state index >= 15 is 0 Å². The van der Waals surface area contributed by atoms with Gasteiger partial charge in [-0.15, -0.1) is 0 Å². The number of sulfonamides is 1. The van der Waals surface area contributed by atoms with Gasteiger partial charge in [0.15, 0.2) is 0 Å². The van der Waals surface area contributed by atoms with Crippen LogP contribution in [0.2, 0.25) is 0 Å². The molecule has 0 saturated carbocycles. The Morgan fingerprint density at radius 1 is 1.33 bits per heavy atom. The number of nitrogen functional groups attached to an aromatic ring is 1. The molecule has 1 aliphatic heterocycles. The van der Waals surface area contributed by atoms with E-state index in [-0.39, 0.29) is 24.3 Å². The Bertz CT molecular complexity index is 629. The minimum absolute atomic E-state index is 0.0228. The molecule has 0 amide bonds. The van der Waals surface area contributed by atoms with Gasteiger partial charge in [-0.1, -0.05) is 6.07 Å². The molecule has 0 bridgehead atoms. The zero-order valence-electron chi connectivity index (χ0n) is 11.5. The van der Waals surface area contributed by atoms with Crippen LogP contribution < -0.4 is 5.73 Å². The zero-order valence-corrected chi connectivity index (χ0v) is 12.3. The molecule has 4 nitrogen and oxygen atoms in total. The van der Waals surface area contributed by atoms with Crippen LogP contribution >= 0.6 is 0 Å². The van der Waals surface area contributed by atoms with Gasteiger partial charge in [0, 0.05) is 18.8 Å². The number of anilines is 1. The van der Waals surface area contributed by atoms with Gasteiger partial charge in [-0.2, -0.15) is 17.5 Å². The summed E-state index contributed by atoms with van der Waals surface area (Å²) in [5.74, 6) is -1.61. The normalized spacial score (nSPS) is 21.4. The largest absolute Gasteiger partial charge is 0.398 e. The van der Waals surface area contributed by atoms with Gasteiger partial charge in [-0.3, -0.25) is 0 Å². The average Bonchev–Trinajstić information content (AvgIpc) is 2.41. The van der Waals surface area contributed by atoms with Crippen molar-refractivity contribution < 1.29 is 21.6 Å². The maximum absolute atomic E-state index is 12.8. The van der Waals surface area contributed by atoms with Crippen LogP contribution in [-0.2, 0) is 10.0 Å². The SMILES string of the molecule is Cc1c(N)cccc1S(=O)(=O)N1CCCC(C(F)(F)F)C1. The highest BCUT2D eigenvalue weighted by Gasteiger charge is 2.44. The van der Waals surface area contributed by atoms with Crippen molar-refractivity contribution in [1.29, 1.82) is 0 Å². The topological polar surface area (TPSA) is 63.4 Å². The van der Waals surface area contributed by atoms with Crippen molar-refractivity contribution in [3.8, 4) is 0 Å². The van der Waals surface area contributed by atoms with E-state index in [1.165, 1.54) is 12.1 Å². The first-order valence-corrected chi connectivity index (χ1v) is 8.00. The number of nitrogens with two attached hydrogens (primary N) is 1. The molecule has 1 aromatic carbocycles. The van der Waals surface area contributed by atoms with Crippen LogP contribution in [0.5, 0.6) is 0 Å². The lowest BCUT2D eigenvalue weighted by molar-refractivity contribution is -0.182. The second kappa shape index (κ2) is 5.49. The number of benzene rings is 1. The summed E-state index contributed by atoms with van der Waals surface area (Å²) in [6.07, 6.45) is -4.21. The van der Waals surface area contributed by atoms with E-state index in [9.17, 15) is 21.6 Å². The number of hydrogen-bond acceptors (Lipinski definition) is 3.